The van der Waals surface area contributed by atoms with E-state index in [0.29, 0.717) is 18.9 Å². The summed E-state index contributed by atoms with van der Waals surface area (Å²) in [6.07, 6.45) is 0.337. The van der Waals surface area contributed by atoms with Gasteiger partial charge in [0.25, 0.3) is 0 Å². The van der Waals surface area contributed by atoms with E-state index in [1.165, 1.54) is 0 Å². The minimum Gasteiger partial charge on any atom is -0.457 e. The average Bonchev–Trinajstić information content (AvgIpc) is 3.02. The van der Waals surface area contributed by atoms with Crippen LogP contribution in [0.5, 0.6) is 11.5 Å². The molecule has 29 heavy (non-hydrogen) atoms. The van der Waals surface area contributed by atoms with Crippen LogP contribution in [0, 0.1) is 11.8 Å². The summed E-state index contributed by atoms with van der Waals surface area (Å²) in [4.78, 5) is 26.6. The number of hydrogen-bond donors (Lipinski definition) is 2. The summed E-state index contributed by atoms with van der Waals surface area (Å²) in [6.45, 7) is 4.24. The summed E-state index contributed by atoms with van der Waals surface area (Å²) < 4.78 is 5.80. The first-order valence-corrected chi connectivity index (χ1v) is 9.74. The molecule has 2 saturated heterocycles. The molecule has 2 unspecified atom stereocenters. The van der Waals surface area contributed by atoms with E-state index in [0.717, 1.165) is 30.3 Å². The maximum Gasteiger partial charge on any atom is 0.229 e. The largest absolute Gasteiger partial charge is 0.457 e. The van der Waals surface area contributed by atoms with Gasteiger partial charge >= 0.3 is 0 Å². The molecule has 0 spiro atoms. The second kappa shape index (κ2) is 9.29. The highest BCUT2D eigenvalue weighted by Crippen LogP contribution is 2.27. The monoisotopic (exact) mass is 415 g/mol. The number of para-hydroxylation sites is 1. The van der Waals surface area contributed by atoms with Crippen LogP contribution in [0.4, 0.5) is 5.69 Å². The van der Waals surface area contributed by atoms with Crippen LogP contribution in [-0.2, 0) is 9.59 Å². The minimum absolute atomic E-state index is 0. The maximum absolute atomic E-state index is 12.4. The van der Waals surface area contributed by atoms with E-state index in [2.05, 4.69) is 10.6 Å². The van der Waals surface area contributed by atoms with Crippen molar-refractivity contribution in [3.63, 3.8) is 0 Å². The molecule has 2 N–H and O–H groups in total. The number of benzene rings is 2. The van der Waals surface area contributed by atoms with Crippen LogP contribution in [0.1, 0.15) is 13.3 Å². The Morgan fingerprint density at radius 1 is 1.10 bits per heavy atom. The van der Waals surface area contributed by atoms with Crippen LogP contribution < -0.4 is 20.3 Å². The van der Waals surface area contributed by atoms with Crippen molar-refractivity contribution in [3.8, 4) is 11.5 Å². The maximum atomic E-state index is 12.4. The first-order valence-electron chi connectivity index (χ1n) is 9.74. The fourth-order valence-corrected chi connectivity index (χ4v) is 3.58. The number of nitrogens with zero attached hydrogens (tertiary/aromatic N) is 1. The third-order valence-corrected chi connectivity index (χ3v) is 5.53. The van der Waals surface area contributed by atoms with Gasteiger partial charge in [0, 0.05) is 24.6 Å². The van der Waals surface area contributed by atoms with Crippen LogP contribution in [0.25, 0.3) is 0 Å². The highest BCUT2D eigenvalue weighted by molar-refractivity contribution is 5.97. The van der Waals surface area contributed by atoms with Gasteiger partial charge in [-0.2, -0.15) is 0 Å². The molecule has 0 aromatic heterocycles. The van der Waals surface area contributed by atoms with Crippen LogP contribution in [0.3, 0.4) is 0 Å². The van der Waals surface area contributed by atoms with Gasteiger partial charge in [-0.1, -0.05) is 25.1 Å². The van der Waals surface area contributed by atoms with E-state index in [4.69, 9.17) is 4.74 Å². The van der Waals surface area contributed by atoms with Gasteiger partial charge < -0.3 is 20.3 Å². The molecular formula is C22H26ClN3O3. The molecule has 2 aliphatic rings. The lowest BCUT2D eigenvalue weighted by atomic mass is 9.88. The average molecular weight is 416 g/mol. The molecule has 2 aliphatic heterocycles. The molecule has 0 bridgehead atoms. The van der Waals surface area contributed by atoms with Gasteiger partial charge in [0.1, 0.15) is 11.5 Å². The molecule has 4 rings (SSSR count). The number of carbonyl (C=O) groups is 2. The van der Waals surface area contributed by atoms with Gasteiger partial charge in [0.05, 0.1) is 6.04 Å². The molecule has 7 heteroatoms. The number of amides is 2. The molecule has 6 nitrogen and oxygen atoms in total. The van der Waals surface area contributed by atoms with E-state index < -0.39 is 0 Å². The van der Waals surface area contributed by atoms with Crippen LogP contribution in [0.2, 0.25) is 0 Å². The first kappa shape index (κ1) is 21.1. The first-order chi connectivity index (χ1) is 13.6. The van der Waals surface area contributed by atoms with Crippen molar-refractivity contribution in [1.29, 1.82) is 0 Å². The van der Waals surface area contributed by atoms with Crippen molar-refractivity contribution in [3.05, 3.63) is 54.6 Å². The second-order valence-corrected chi connectivity index (χ2v) is 7.53. The van der Waals surface area contributed by atoms with Gasteiger partial charge in [-0.3, -0.25) is 9.59 Å². The molecule has 154 valence electrons. The summed E-state index contributed by atoms with van der Waals surface area (Å²) in [5.41, 5.74) is 0.818. The Morgan fingerprint density at radius 2 is 1.76 bits per heavy atom. The lowest BCUT2D eigenvalue weighted by Gasteiger charge is -2.32. The summed E-state index contributed by atoms with van der Waals surface area (Å²) >= 11 is 0. The predicted molar refractivity (Wildman–Crippen MR) is 115 cm³/mol. The highest BCUT2D eigenvalue weighted by Gasteiger charge is 2.34. The predicted octanol–water partition coefficient (Wildman–Crippen LogP) is 2.98. The normalized spacial score (nSPS) is 19.8. The van der Waals surface area contributed by atoms with Gasteiger partial charge in [0.15, 0.2) is 0 Å². The molecule has 0 radical (unpaired) electrons. The third-order valence-electron chi connectivity index (χ3n) is 5.53. The van der Waals surface area contributed by atoms with Gasteiger partial charge in [0.2, 0.25) is 11.8 Å². The van der Waals surface area contributed by atoms with Crippen molar-refractivity contribution in [2.45, 2.75) is 19.4 Å². The fourth-order valence-electron chi connectivity index (χ4n) is 3.58. The summed E-state index contributed by atoms with van der Waals surface area (Å²) in [5, 5.41) is 6.24. The number of hydrogen-bond acceptors (Lipinski definition) is 4. The molecule has 2 amide bonds. The fraction of sp³-hybridized carbons (Fsp3) is 0.364. The van der Waals surface area contributed by atoms with Gasteiger partial charge in [-0.15, -0.1) is 12.4 Å². The molecule has 2 aromatic rings. The lowest BCUT2D eigenvalue weighted by Crippen LogP contribution is -2.51. The van der Waals surface area contributed by atoms with Crippen molar-refractivity contribution >= 4 is 29.9 Å². The van der Waals surface area contributed by atoms with E-state index in [1.807, 2.05) is 61.5 Å². The number of rotatable bonds is 6. The number of halogens is 1. The van der Waals surface area contributed by atoms with Crippen molar-refractivity contribution in [2.75, 3.05) is 24.5 Å². The molecule has 2 atom stereocenters. The Bertz CT molecular complexity index is 840. The quantitative estimate of drug-likeness (QED) is 0.760. The highest BCUT2D eigenvalue weighted by atomic mass is 35.5. The Kier molecular flexibility index (Phi) is 6.77. The summed E-state index contributed by atoms with van der Waals surface area (Å²) in [5.74, 6) is 1.92. The third kappa shape index (κ3) is 4.89. The van der Waals surface area contributed by atoms with Gasteiger partial charge in [-0.05, 0) is 55.4 Å². The van der Waals surface area contributed by atoms with Crippen molar-refractivity contribution in [1.82, 2.24) is 10.6 Å². The zero-order valence-corrected chi connectivity index (χ0v) is 17.2. The Balaban J connectivity index is 0.00000240. The molecule has 2 aromatic carbocycles. The zero-order valence-electron chi connectivity index (χ0n) is 16.3. The smallest absolute Gasteiger partial charge is 0.229 e. The van der Waals surface area contributed by atoms with Crippen LogP contribution >= 0.6 is 12.4 Å². The second-order valence-electron chi connectivity index (χ2n) is 7.53. The molecule has 0 aliphatic carbocycles. The van der Waals surface area contributed by atoms with Crippen LogP contribution in [-0.4, -0.2) is 37.5 Å². The summed E-state index contributed by atoms with van der Waals surface area (Å²) in [6, 6.07) is 16.9. The van der Waals surface area contributed by atoms with Crippen molar-refractivity contribution in [2.24, 2.45) is 11.8 Å². The Hall–Kier alpha value is -2.57. The topological polar surface area (TPSA) is 70.7 Å². The van der Waals surface area contributed by atoms with Gasteiger partial charge in [-0.25, -0.2) is 0 Å². The molecular weight excluding hydrogens is 390 g/mol. The SMILES string of the molecule is CC(C(=O)NC1CC(=O)N(c2ccc(Oc3ccccc3)cc2)C1)C1CNC1.Cl. The van der Waals surface area contributed by atoms with E-state index in [-0.39, 0.29) is 36.2 Å². The number of ether oxygens (including phenoxy) is 1. The zero-order chi connectivity index (χ0) is 19.5. The van der Waals surface area contributed by atoms with E-state index in [1.54, 1.807) is 4.90 Å². The standard InChI is InChI=1S/C22H25N3O3.ClH/c1-15(16-12-23-13-16)22(27)24-17-11-21(26)25(14-17)18-7-9-20(10-8-18)28-19-5-3-2-4-6-19;/h2-10,15-17,23H,11-14H2,1H3,(H,24,27);1H. The number of nitrogens with one attached hydrogen (secondary N) is 2. The van der Waals surface area contributed by atoms with Crippen molar-refractivity contribution < 1.29 is 14.3 Å². The Labute approximate surface area is 177 Å². The summed E-state index contributed by atoms with van der Waals surface area (Å²) in [7, 11) is 0. The molecule has 2 fully saturated rings. The molecule has 2 heterocycles. The number of anilines is 1. The van der Waals surface area contributed by atoms with E-state index in [9.17, 15) is 9.59 Å². The van der Waals surface area contributed by atoms with Crippen LogP contribution in [0.15, 0.2) is 54.6 Å². The number of carbonyl (C=O) groups excluding carboxylic acids is 2. The van der Waals surface area contributed by atoms with E-state index >= 15 is 0 Å². The minimum atomic E-state index is -0.143. The molecule has 0 saturated carbocycles. The Morgan fingerprint density at radius 3 is 2.38 bits per heavy atom. The lowest BCUT2D eigenvalue weighted by molar-refractivity contribution is -0.127.